The van der Waals surface area contributed by atoms with E-state index in [4.69, 9.17) is 0 Å². The topological polar surface area (TPSA) is 87.3 Å². The molecule has 7 nitrogen and oxygen atoms in total. The van der Waals surface area contributed by atoms with Gasteiger partial charge in [-0.15, -0.1) is 13.2 Å². The molecule has 0 bridgehead atoms. The van der Waals surface area contributed by atoms with Crippen LogP contribution >= 0.6 is 0 Å². The fourth-order valence-electron chi connectivity index (χ4n) is 3.88. The molecule has 0 saturated heterocycles. The molecule has 0 aliphatic rings. The summed E-state index contributed by atoms with van der Waals surface area (Å²) in [7, 11) is 0. The number of alkyl halides is 3. The van der Waals surface area contributed by atoms with Gasteiger partial charge in [-0.05, 0) is 35.7 Å². The number of aromatic nitrogens is 2. The third-order valence-corrected chi connectivity index (χ3v) is 5.53. The number of carbonyl (C=O) groups excluding carboxylic acids is 1. The maximum Gasteiger partial charge on any atom is 0.573 e. The average Bonchev–Trinajstić information content (AvgIpc) is 2.86. The van der Waals surface area contributed by atoms with Gasteiger partial charge in [0.1, 0.15) is 5.75 Å². The number of hydrogen-bond donors (Lipinski definition) is 2. The smallest absolute Gasteiger partial charge is 0.405 e. The molecule has 0 aliphatic carbocycles. The summed E-state index contributed by atoms with van der Waals surface area (Å²) >= 11 is 0. The zero-order chi connectivity index (χ0) is 25.5. The third-order valence-electron chi connectivity index (χ3n) is 5.53. The minimum atomic E-state index is -4.80. The first-order valence-corrected chi connectivity index (χ1v) is 11.2. The number of anilines is 1. The van der Waals surface area contributed by atoms with Gasteiger partial charge in [0.2, 0.25) is 12.4 Å². The SMILES string of the molecule is O=CNCCN(CCc1cccc(-c2ccccc2OC(F)(F)F)c1)c1nc2ccccc2c(=O)[nH]1. The molecule has 1 heterocycles. The number of ether oxygens (including phenoxy) is 1. The number of carbonyl (C=O) groups is 1. The first kappa shape index (κ1) is 24.8. The van der Waals surface area contributed by atoms with Crippen LogP contribution in [0.5, 0.6) is 5.75 Å². The Labute approximate surface area is 204 Å². The number of H-pyrrole nitrogens is 1. The molecule has 10 heteroatoms. The molecule has 4 rings (SSSR count). The molecule has 0 spiro atoms. The zero-order valence-corrected chi connectivity index (χ0v) is 19.1. The molecule has 0 atom stereocenters. The van der Waals surface area contributed by atoms with Crippen LogP contribution in [-0.2, 0) is 11.2 Å². The molecule has 4 aromatic rings. The molecule has 0 unspecified atom stereocenters. The fraction of sp³-hybridized carbons (Fsp3) is 0.192. The highest BCUT2D eigenvalue weighted by molar-refractivity contribution is 5.78. The number of nitrogens with one attached hydrogen (secondary N) is 2. The van der Waals surface area contributed by atoms with Crippen molar-refractivity contribution in [1.29, 1.82) is 0 Å². The molecule has 1 aromatic heterocycles. The van der Waals surface area contributed by atoms with Crippen molar-refractivity contribution in [3.05, 3.63) is 88.7 Å². The Morgan fingerprint density at radius 2 is 1.78 bits per heavy atom. The maximum atomic E-state index is 12.9. The number of halogens is 3. The molecule has 0 fully saturated rings. The van der Waals surface area contributed by atoms with Crippen LogP contribution in [0.1, 0.15) is 5.56 Å². The molecule has 0 radical (unpaired) electrons. The largest absolute Gasteiger partial charge is 0.573 e. The van der Waals surface area contributed by atoms with Crippen LogP contribution in [0.3, 0.4) is 0 Å². The predicted octanol–water partition coefficient (Wildman–Crippen LogP) is 4.28. The van der Waals surface area contributed by atoms with E-state index in [0.717, 1.165) is 5.56 Å². The van der Waals surface area contributed by atoms with Crippen LogP contribution in [0.25, 0.3) is 22.0 Å². The molecular weight excluding hydrogens is 473 g/mol. The Morgan fingerprint density at radius 3 is 2.58 bits per heavy atom. The van der Waals surface area contributed by atoms with Crippen molar-refractivity contribution in [3.8, 4) is 16.9 Å². The normalized spacial score (nSPS) is 11.3. The summed E-state index contributed by atoms with van der Waals surface area (Å²) in [4.78, 5) is 32.5. The Kier molecular flexibility index (Phi) is 7.53. The van der Waals surface area contributed by atoms with E-state index in [2.05, 4.69) is 20.0 Å². The van der Waals surface area contributed by atoms with Gasteiger partial charge in [-0.25, -0.2) is 4.98 Å². The van der Waals surface area contributed by atoms with Crippen LogP contribution in [0.15, 0.2) is 77.6 Å². The molecular formula is C26H23F3N4O3. The number of benzene rings is 3. The number of nitrogens with zero attached hydrogens (tertiary/aromatic N) is 2. The zero-order valence-electron chi connectivity index (χ0n) is 19.1. The van der Waals surface area contributed by atoms with Gasteiger partial charge in [0.25, 0.3) is 5.56 Å². The van der Waals surface area contributed by atoms with Crippen LogP contribution in [0.4, 0.5) is 19.1 Å². The minimum Gasteiger partial charge on any atom is -0.405 e. The van der Waals surface area contributed by atoms with Gasteiger partial charge < -0.3 is 15.0 Å². The summed E-state index contributed by atoms with van der Waals surface area (Å²) in [6.07, 6.45) is -3.69. The molecule has 3 aromatic carbocycles. The number of rotatable bonds is 10. The number of hydrogen-bond acceptors (Lipinski definition) is 5. The number of amides is 1. The summed E-state index contributed by atoms with van der Waals surface area (Å²) in [5.74, 6) is 0.0909. The summed E-state index contributed by atoms with van der Waals surface area (Å²) in [5, 5.41) is 3.08. The summed E-state index contributed by atoms with van der Waals surface area (Å²) in [5.41, 5.74) is 2.05. The first-order chi connectivity index (χ1) is 17.3. The second-order valence-corrected chi connectivity index (χ2v) is 7.96. The third kappa shape index (κ3) is 6.21. The fourth-order valence-corrected chi connectivity index (χ4v) is 3.88. The van der Waals surface area contributed by atoms with Crippen LogP contribution in [0, 0.1) is 0 Å². The Morgan fingerprint density at radius 1 is 1.00 bits per heavy atom. The van der Waals surface area contributed by atoms with Gasteiger partial charge in [-0.1, -0.05) is 54.6 Å². The molecule has 186 valence electrons. The number of aromatic amines is 1. The van der Waals surface area contributed by atoms with E-state index in [1.54, 1.807) is 54.6 Å². The number of fused-ring (bicyclic) bond motifs is 1. The van der Waals surface area contributed by atoms with Crippen molar-refractivity contribution in [2.24, 2.45) is 0 Å². The van der Waals surface area contributed by atoms with E-state index >= 15 is 0 Å². The average molecular weight is 496 g/mol. The summed E-state index contributed by atoms with van der Waals surface area (Å²) in [6, 6.07) is 20.1. The maximum absolute atomic E-state index is 12.9. The highest BCUT2D eigenvalue weighted by Crippen LogP contribution is 2.34. The highest BCUT2D eigenvalue weighted by Gasteiger charge is 2.32. The molecule has 1 amide bonds. The van der Waals surface area contributed by atoms with E-state index in [1.165, 1.54) is 12.1 Å². The van der Waals surface area contributed by atoms with Crippen LogP contribution in [-0.4, -0.2) is 42.4 Å². The standard InChI is InChI=1S/C26H23F3N4O3/c27-26(28,29)36-23-11-4-2-8-20(23)19-7-5-6-18(16-19)12-14-33(15-13-30-17-34)25-31-22-10-3-1-9-21(22)24(35)32-25/h1-11,16-17H,12-15H2,(H,30,34)(H,31,32,35). The van der Waals surface area contributed by atoms with E-state index in [0.29, 0.717) is 60.4 Å². The molecule has 0 aliphatic heterocycles. The quantitative estimate of drug-likeness (QED) is 0.253. The Balaban J connectivity index is 1.58. The van der Waals surface area contributed by atoms with E-state index < -0.39 is 6.36 Å². The van der Waals surface area contributed by atoms with Crippen molar-refractivity contribution in [2.75, 3.05) is 24.5 Å². The van der Waals surface area contributed by atoms with E-state index in [-0.39, 0.29) is 11.3 Å². The first-order valence-electron chi connectivity index (χ1n) is 11.2. The lowest BCUT2D eigenvalue weighted by Gasteiger charge is -2.23. The van der Waals surface area contributed by atoms with Gasteiger partial charge in [0.05, 0.1) is 10.9 Å². The van der Waals surface area contributed by atoms with Gasteiger partial charge >= 0.3 is 6.36 Å². The Bertz CT molecular complexity index is 1410. The lowest BCUT2D eigenvalue weighted by atomic mass is 10.0. The summed E-state index contributed by atoms with van der Waals surface area (Å²) in [6.45, 7) is 1.16. The van der Waals surface area contributed by atoms with Crippen molar-refractivity contribution in [3.63, 3.8) is 0 Å². The van der Waals surface area contributed by atoms with Crippen LogP contribution in [0.2, 0.25) is 0 Å². The summed E-state index contributed by atoms with van der Waals surface area (Å²) < 4.78 is 42.8. The molecule has 0 saturated carbocycles. The Hall–Kier alpha value is -4.34. The van der Waals surface area contributed by atoms with E-state index in [9.17, 15) is 22.8 Å². The minimum absolute atomic E-state index is 0.271. The van der Waals surface area contributed by atoms with Crippen molar-refractivity contribution in [2.45, 2.75) is 12.8 Å². The lowest BCUT2D eigenvalue weighted by Crippen LogP contribution is -2.35. The van der Waals surface area contributed by atoms with Crippen molar-refractivity contribution < 1.29 is 22.7 Å². The van der Waals surface area contributed by atoms with Crippen molar-refractivity contribution in [1.82, 2.24) is 15.3 Å². The van der Waals surface area contributed by atoms with Gasteiger partial charge in [-0.3, -0.25) is 14.6 Å². The second-order valence-electron chi connectivity index (χ2n) is 7.96. The number of para-hydroxylation sites is 2. The van der Waals surface area contributed by atoms with Gasteiger partial charge in [0.15, 0.2) is 0 Å². The molecule has 2 N–H and O–H groups in total. The highest BCUT2D eigenvalue weighted by atomic mass is 19.4. The van der Waals surface area contributed by atoms with Gasteiger partial charge in [-0.2, -0.15) is 0 Å². The predicted molar refractivity (Wildman–Crippen MR) is 131 cm³/mol. The lowest BCUT2D eigenvalue weighted by molar-refractivity contribution is -0.274. The van der Waals surface area contributed by atoms with Gasteiger partial charge in [0, 0.05) is 25.2 Å². The van der Waals surface area contributed by atoms with E-state index in [1.807, 2.05) is 11.0 Å². The second kappa shape index (κ2) is 10.9. The monoisotopic (exact) mass is 496 g/mol. The van der Waals surface area contributed by atoms with Crippen molar-refractivity contribution >= 4 is 23.3 Å². The van der Waals surface area contributed by atoms with Crippen LogP contribution < -0.4 is 20.5 Å². The molecule has 36 heavy (non-hydrogen) atoms.